The topological polar surface area (TPSA) is 21.3 Å². The lowest BCUT2D eigenvalue weighted by atomic mass is 10.1. The van der Waals surface area contributed by atoms with Gasteiger partial charge in [0.05, 0.1) is 7.11 Å². The molecule has 0 saturated heterocycles. The fourth-order valence-corrected chi connectivity index (χ4v) is 2.32. The second kappa shape index (κ2) is 7.59. The van der Waals surface area contributed by atoms with Crippen LogP contribution in [0.15, 0.2) is 48.5 Å². The van der Waals surface area contributed by atoms with E-state index >= 15 is 0 Å². The molecule has 0 aliphatic rings. The molecule has 0 radical (unpaired) electrons. The predicted molar refractivity (Wildman–Crippen MR) is 85.6 cm³/mol. The van der Waals surface area contributed by atoms with Crippen molar-refractivity contribution in [1.29, 1.82) is 0 Å². The molecule has 0 amide bonds. The molecule has 2 aromatic rings. The summed E-state index contributed by atoms with van der Waals surface area (Å²) in [5.41, 5.74) is 3.76. The van der Waals surface area contributed by atoms with Gasteiger partial charge in [0, 0.05) is 12.2 Å². The van der Waals surface area contributed by atoms with E-state index in [0.29, 0.717) is 0 Å². The first-order chi connectivity index (χ1) is 9.79. The van der Waals surface area contributed by atoms with Crippen LogP contribution in [0.1, 0.15) is 24.0 Å². The fourth-order valence-electron chi connectivity index (χ4n) is 2.32. The summed E-state index contributed by atoms with van der Waals surface area (Å²) in [5, 5.41) is 3.47. The minimum atomic E-state index is 0.944. The minimum Gasteiger partial charge on any atom is -0.496 e. The highest BCUT2D eigenvalue weighted by atomic mass is 16.5. The van der Waals surface area contributed by atoms with Crippen LogP contribution in [0.25, 0.3) is 0 Å². The first kappa shape index (κ1) is 14.4. The Balaban J connectivity index is 1.69. The standard InChI is InChI=1S/C18H23NO/c1-15-14-17(11-12-18(15)20-2)19-13-7-6-10-16-8-4-3-5-9-16/h3-5,8-9,11-12,14,19H,6-7,10,13H2,1-2H3. The molecule has 20 heavy (non-hydrogen) atoms. The number of unbranched alkanes of at least 4 members (excludes halogenated alkanes) is 1. The van der Waals surface area contributed by atoms with E-state index in [9.17, 15) is 0 Å². The van der Waals surface area contributed by atoms with Crippen LogP contribution < -0.4 is 10.1 Å². The maximum atomic E-state index is 5.26. The molecule has 106 valence electrons. The third kappa shape index (κ3) is 4.30. The molecular weight excluding hydrogens is 246 g/mol. The lowest BCUT2D eigenvalue weighted by molar-refractivity contribution is 0.412. The van der Waals surface area contributed by atoms with Crippen molar-refractivity contribution in [2.24, 2.45) is 0 Å². The molecule has 0 bridgehead atoms. The molecule has 0 aromatic heterocycles. The molecule has 0 atom stereocenters. The van der Waals surface area contributed by atoms with Crippen LogP contribution in [0.5, 0.6) is 5.75 Å². The molecule has 0 unspecified atom stereocenters. The van der Waals surface area contributed by atoms with Crippen molar-refractivity contribution in [3.05, 3.63) is 59.7 Å². The molecule has 0 aliphatic carbocycles. The Morgan fingerprint density at radius 3 is 2.50 bits per heavy atom. The summed E-state index contributed by atoms with van der Waals surface area (Å²) in [7, 11) is 1.71. The second-order valence-electron chi connectivity index (χ2n) is 5.05. The Morgan fingerprint density at radius 2 is 1.80 bits per heavy atom. The summed E-state index contributed by atoms with van der Waals surface area (Å²) >= 11 is 0. The lowest BCUT2D eigenvalue weighted by Gasteiger charge is -2.09. The zero-order valence-electron chi connectivity index (χ0n) is 12.4. The number of ether oxygens (including phenoxy) is 1. The van der Waals surface area contributed by atoms with Crippen LogP contribution in [0.4, 0.5) is 5.69 Å². The maximum Gasteiger partial charge on any atom is 0.121 e. The molecule has 0 fully saturated rings. The number of rotatable bonds is 7. The van der Waals surface area contributed by atoms with Gasteiger partial charge in [-0.1, -0.05) is 30.3 Å². The zero-order chi connectivity index (χ0) is 14.2. The van der Waals surface area contributed by atoms with Gasteiger partial charge in [0.1, 0.15) is 5.75 Å². The first-order valence-electron chi connectivity index (χ1n) is 7.22. The minimum absolute atomic E-state index is 0.944. The number of aryl methyl sites for hydroxylation is 2. The van der Waals surface area contributed by atoms with E-state index in [4.69, 9.17) is 4.74 Å². The molecule has 0 heterocycles. The highest BCUT2D eigenvalue weighted by molar-refractivity contribution is 5.50. The number of hydrogen-bond acceptors (Lipinski definition) is 2. The van der Waals surface area contributed by atoms with Crippen LogP contribution in [-0.4, -0.2) is 13.7 Å². The third-order valence-electron chi connectivity index (χ3n) is 3.46. The normalized spacial score (nSPS) is 10.3. The Kier molecular flexibility index (Phi) is 5.48. The highest BCUT2D eigenvalue weighted by Crippen LogP contribution is 2.21. The van der Waals surface area contributed by atoms with Crippen molar-refractivity contribution in [3.8, 4) is 5.75 Å². The molecule has 1 N–H and O–H groups in total. The van der Waals surface area contributed by atoms with Crippen LogP contribution in [0.2, 0.25) is 0 Å². The van der Waals surface area contributed by atoms with E-state index in [1.807, 2.05) is 6.07 Å². The Bertz CT molecular complexity index is 522. The highest BCUT2D eigenvalue weighted by Gasteiger charge is 1.99. The van der Waals surface area contributed by atoms with Crippen LogP contribution in [0, 0.1) is 6.92 Å². The number of benzene rings is 2. The quantitative estimate of drug-likeness (QED) is 0.750. The van der Waals surface area contributed by atoms with Crippen molar-refractivity contribution in [1.82, 2.24) is 0 Å². The summed E-state index contributed by atoms with van der Waals surface area (Å²) in [6.07, 6.45) is 3.55. The SMILES string of the molecule is COc1ccc(NCCCCc2ccccc2)cc1C. The average Bonchev–Trinajstić information content (AvgIpc) is 2.48. The lowest BCUT2D eigenvalue weighted by Crippen LogP contribution is -2.02. The van der Waals surface area contributed by atoms with Gasteiger partial charge in [0.25, 0.3) is 0 Å². The van der Waals surface area contributed by atoms with Crippen molar-refractivity contribution in [2.45, 2.75) is 26.2 Å². The van der Waals surface area contributed by atoms with Crippen molar-refractivity contribution in [2.75, 3.05) is 19.0 Å². The van der Waals surface area contributed by atoms with Crippen molar-refractivity contribution in [3.63, 3.8) is 0 Å². The molecule has 2 heteroatoms. The van der Waals surface area contributed by atoms with Crippen molar-refractivity contribution < 1.29 is 4.74 Å². The Hall–Kier alpha value is -1.96. The van der Waals surface area contributed by atoms with Gasteiger partial charge in [-0.05, 0) is 55.5 Å². The third-order valence-corrected chi connectivity index (χ3v) is 3.46. The second-order valence-corrected chi connectivity index (χ2v) is 5.05. The molecule has 0 spiro atoms. The number of methoxy groups -OCH3 is 1. The number of hydrogen-bond donors (Lipinski definition) is 1. The van der Waals surface area contributed by atoms with E-state index in [1.165, 1.54) is 29.7 Å². The predicted octanol–water partition coefficient (Wildman–Crippen LogP) is 4.44. The molecule has 0 aliphatic heterocycles. The monoisotopic (exact) mass is 269 g/mol. The van der Waals surface area contributed by atoms with E-state index in [1.54, 1.807) is 7.11 Å². The summed E-state index contributed by atoms with van der Waals surface area (Å²) in [6, 6.07) is 16.9. The summed E-state index contributed by atoms with van der Waals surface area (Å²) in [6.45, 7) is 3.08. The van der Waals surface area contributed by atoms with Crippen LogP contribution >= 0.6 is 0 Å². The average molecular weight is 269 g/mol. The van der Waals surface area contributed by atoms with Gasteiger partial charge >= 0.3 is 0 Å². The largest absolute Gasteiger partial charge is 0.496 e. The van der Waals surface area contributed by atoms with E-state index < -0.39 is 0 Å². The molecule has 2 rings (SSSR count). The molecular formula is C18H23NO. The molecule has 2 nitrogen and oxygen atoms in total. The smallest absolute Gasteiger partial charge is 0.121 e. The van der Waals surface area contributed by atoms with Gasteiger partial charge in [-0.2, -0.15) is 0 Å². The van der Waals surface area contributed by atoms with Gasteiger partial charge in [-0.3, -0.25) is 0 Å². The zero-order valence-corrected chi connectivity index (χ0v) is 12.4. The van der Waals surface area contributed by atoms with Crippen molar-refractivity contribution >= 4 is 5.69 Å². The van der Waals surface area contributed by atoms with Gasteiger partial charge in [-0.15, -0.1) is 0 Å². The van der Waals surface area contributed by atoms with Gasteiger partial charge < -0.3 is 10.1 Å². The number of nitrogens with one attached hydrogen (secondary N) is 1. The summed E-state index contributed by atoms with van der Waals surface area (Å²) in [4.78, 5) is 0. The molecule has 0 saturated carbocycles. The fraction of sp³-hybridized carbons (Fsp3) is 0.333. The Labute approximate surface area is 121 Å². The van der Waals surface area contributed by atoms with E-state index in [0.717, 1.165) is 18.7 Å². The van der Waals surface area contributed by atoms with Gasteiger partial charge in [-0.25, -0.2) is 0 Å². The van der Waals surface area contributed by atoms with E-state index in [-0.39, 0.29) is 0 Å². The van der Waals surface area contributed by atoms with Crippen LogP contribution in [-0.2, 0) is 6.42 Å². The maximum absolute atomic E-state index is 5.26. The van der Waals surface area contributed by atoms with Gasteiger partial charge in [0.15, 0.2) is 0 Å². The summed E-state index contributed by atoms with van der Waals surface area (Å²) in [5.74, 6) is 0.944. The molecule has 2 aromatic carbocycles. The van der Waals surface area contributed by atoms with E-state index in [2.05, 4.69) is 54.7 Å². The number of anilines is 1. The first-order valence-corrected chi connectivity index (χ1v) is 7.22. The van der Waals surface area contributed by atoms with Gasteiger partial charge in [0.2, 0.25) is 0 Å². The Morgan fingerprint density at radius 1 is 1.00 bits per heavy atom. The summed E-state index contributed by atoms with van der Waals surface area (Å²) < 4.78 is 5.26. The van der Waals surface area contributed by atoms with Crippen LogP contribution in [0.3, 0.4) is 0 Å².